The van der Waals surface area contributed by atoms with E-state index in [1.165, 1.54) is 25.7 Å². The first-order valence-electron chi connectivity index (χ1n) is 5.90. The van der Waals surface area contributed by atoms with Gasteiger partial charge in [0.05, 0.1) is 12.5 Å². The van der Waals surface area contributed by atoms with Gasteiger partial charge >= 0.3 is 5.97 Å². The average Bonchev–Trinajstić information content (AvgIpc) is 2.98. The van der Waals surface area contributed by atoms with Crippen molar-refractivity contribution in [1.29, 1.82) is 0 Å². The maximum Gasteiger partial charge on any atom is 0.308 e. The summed E-state index contributed by atoms with van der Waals surface area (Å²) in [5.74, 6) is 0.787. The highest BCUT2D eigenvalue weighted by atomic mass is 16.5. The summed E-state index contributed by atoms with van der Waals surface area (Å²) in [6, 6.07) is 0. The molecule has 1 fully saturated rings. The molecule has 1 atom stereocenters. The number of rotatable bonds is 7. The van der Waals surface area contributed by atoms with Crippen molar-refractivity contribution in [2.24, 2.45) is 11.8 Å². The van der Waals surface area contributed by atoms with Crippen molar-refractivity contribution in [2.75, 3.05) is 6.61 Å². The Kier molecular flexibility index (Phi) is 4.99. The van der Waals surface area contributed by atoms with Gasteiger partial charge in [0.15, 0.2) is 0 Å². The molecule has 82 valence electrons. The third-order valence-electron chi connectivity index (χ3n) is 2.80. The van der Waals surface area contributed by atoms with Crippen molar-refractivity contribution < 1.29 is 9.53 Å². The van der Waals surface area contributed by atoms with Crippen molar-refractivity contribution in [2.45, 2.75) is 52.4 Å². The molecule has 0 bridgehead atoms. The fourth-order valence-corrected chi connectivity index (χ4v) is 1.45. The molecule has 0 saturated heterocycles. The second-order valence-electron chi connectivity index (χ2n) is 4.47. The highest BCUT2D eigenvalue weighted by Crippen LogP contribution is 2.29. The first-order valence-corrected chi connectivity index (χ1v) is 5.90. The Balaban J connectivity index is 2.02. The number of esters is 1. The molecule has 0 N–H and O–H groups in total. The van der Waals surface area contributed by atoms with Crippen LogP contribution >= 0.6 is 0 Å². The van der Waals surface area contributed by atoms with Crippen LogP contribution in [0, 0.1) is 11.8 Å². The van der Waals surface area contributed by atoms with Crippen molar-refractivity contribution in [1.82, 2.24) is 0 Å². The molecule has 0 aromatic rings. The molecular weight excluding hydrogens is 176 g/mol. The molecule has 2 heteroatoms. The molecule has 1 rings (SSSR count). The van der Waals surface area contributed by atoms with E-state index >= 15 is 0 Å². The lowest BCUT2D eigenvalue weighted by Gasteiger charge is -2.10. The van der Waals surface area contributed by atoms with Crippen molar-refractivity contribution in [3.63, 3.8) is 0 Å². The molecule has 0 heterocycles. The maximum absolute atomic E-state index is 11.4. The van der Waals surface area contributed by atoms with Crippen LogP contribution in [-0.4, -0.2) is 12.6 Å². The molecule has 1 aliphatic carbocycles. The average molecular weight is 198 g/mol. The van der Waals surface area contributed by atoms with Crippen LogP contribution in [0.4, 0.5) is 0 Å². The molecule has 0 amide bonds. The lowest BCUT2D eigenvalue weighted by atomic mass is 10.0. The Morgan fingerprint density at radius 3 is 2.71 bits per heavy atom. The van der Waals surface area contributed by atoms with Crippen molar-refractivity contribution in [3.05, 3.63) is 0 Å². The standard InChI is InChI=1S/C12H22O2/c1-3-4-5-6-10(2)12(13)14-9-11-7-8-11/h10-11H,3-9H2,1-2H3. The van der Waals surface area contributed by atoms with Gasteiger partial charge in [-0.05, 0) is 25.2 Å². The van der Waals surface area contributed by atoms with Crippen molar-refractivity contribution in [3.8, 4) is 0 Å². The molecule has 1 saturated carbocycles. The number of carbonyl (C=O) groups excluding carboxylic acids is 1. The lowest BCUT2D eigenvalue weighted by Crippen LogP contribution is -2.16. The van der Waals surface area contributed by atoms with Gasteiger partial charge in [-0.2, -0.15) is 0 Å². The monoisotopic (exact) mass is 198 g/mol. The topological polar surface area (TPSA) is 26.3 Å². The Morgan fingerprint density at radius 1 is 1.43 bits per heavy atom. The largest absolute Gasteiger partial charge is 0.465 e. The van der Waals surface area contributed by atoms with Gasteiger partial charge in [-0.1, -0.05) is 33.1 Å². The number of carbonyl (C=O) groups is 1. The number of hydrogen-bond donors (Lipinski definition) is 0. The van der Waals surface area contributed by atoms with Gasteiger partial charge in [0.2, 0.25) is 0 Å². The Labute approximate surface area is 87.0 Å². The summed E-state index contributed by atoms with van der Waals surface area (Å²) in [5.41, 5.74) is 0. The van der Waals surface area contributed by atoms with E-state index in [4.69, 9.17) is 4.74 Å². The van der Waals surface area contributed by atoms with Crippen LogP contribution in [-0.2, 0) is 9.53 Å². The summed E-state index contributed by atoms with van der Waals surface area (Å²) in [6.45, 7) is 4.82. The predicted molar refractivity (Wildman–Crippen MR) is 57.0 cm³/mol. The van der Waals surface area contributed by atoms with E-state index in [1.807, 2.05) is 6.92 Å². The van der Waals surface area contributed by atoms with E-state index in [1.54, 1.807) is 0 Å². The van der Waals surface area contributed by atoms with Crippen LogP contribution in [0.3, 0.4) is 0 Å². The molecule has 0 aromatic carbocycles. The zero-order valence-electron chi connectivity index (χ0n) is 9.42. The van der Waals surface area contributed by atoms with Gasteiger partial charge in [-0.3, -0.25) is 4.79 Å². The zero-order valence-corrected chi connectivity index (χ0v) is 9.42. The van der Waals surface area contributed by atoms with Gasteiger partial charge < -0.3 is 4.74 Å². The third-order valence-corrected chi connectivity index (χ3v) is 2.80. The summed E-state index contributed by atoms with van der Waals surface area (Å²) in [6.07, 6.45) is 7.06. The van der Waals surface area contributed by atoms with E-state index in [0.717, 1.165) is 12.8 Å². The number of ether oxygens (including phenoxy) is 1. The number of hydrogen-bond acceptors (Lipinski definition) is 2. The van der Waals surface area contributed by atoms with Crippen LogP contribution in [0.5, 0.6) is 0 Å². The molecule has 0 radical (unpaired) electrons. The molecular formula is C12H22O2. The number of unbranched alkanes of at least 4 members (excludes halogenated alkanes) is 2. The van der Waals surface area contributed by atoms with Gasteiger partial charge in [0.25, 0.3) is 0 Å². The maximum atomic E-state index is 11.4. The highest BCUT2D eigenvalue weighted by Gasteiger charge is 2.24. The normalized spacial score (nSPS) is 17.9. The molecule has 0 aliphatic heterocycles. The predicted octanol–water partition coefficient (Wildman–Crippen LogP) is 3.16. The van der Waals surface area contributed by atoms with E-state index in [0.29, 0.717) is 12.5 Å². The van der Waals surface area contributed by atoms with Crippen LogP contribution < -0.4 is 0 Å². The Bertz CT molecular complexity index is 173. The first kappa shape index (κ1) is 11.5. The molecule has 1 unspecified atom stereocenters. The minimum atomic E-state index is 0.00741. The summed E-state index contributed by atoms with van der Waals surface area (Å²) in [4.78, 5) is 11.4. The van der Waals surface area contributed by atoms with E-state index in [9.17, 15) is 4.79 Å². The molecule has 2 nitrogen and oxygen atoms in total. The van der Waals surface area contributed by atoms with E-state index < -0.39 is 0 Å². The molecule has 1 aliphatic rings. The Morgan fingerprint density at radius 2 is 2.14 bits per heavy atom. The minimum absolute atomic E-state index is 0.00741. The van der Waals surface area contributed by atoms with Crippen LogP contribution in [0.2, 0.25) is 0 Å². The quantitative estimate of drug-likeness (QED) is 0.464. The van der Waals surface area contributed by atoms with Crippen molar-refractivity contribution >= 4 is 5.97 Å². The summed E-state index contributed by atoms with van der Waals surface area (Å²) in [5, 5.41) is 0. The first-order chi connectivity index (χ1) is 6.74. The molecule has 0 aromatic heterocycles. The summed E-state index contributed by atoms with van der Waals surface area (Å²) < 4.78 is 5.22. The van der Waals surface area contributed by atoms with Gasteiger partial charge in [-0.15, -0.1) is 0 Å². The lowest BCUT2D eigenvalue weighted by molar-refractivity contribution is -0.148. The highest BCUT2D eigenvalue weighted by molar-refractivity contribution is 5.71. The smallest absolute Gasteiger partial charge is 0.308 e. The fraction of sp³-hybridized carbons (Fsp3) is 0.917. The van der Waals surface area contributed by atoms with Crippen LogP contribution in [0.1, 0.15) is 52.4 Å². The Hall–Kier alpha value is -0.530. The van der Waals surface area contributed by atoms with Crippen LogP contribution in [0.15, 0.2) is 0 Å². The van der Waals surface area contributed by atoms with E-state index in [2.05, 4.69) is 6.92 Å². The molecule has 14 heavy (non-hydrogen) atoms. The second-order valence-corrected chi connectivity index (χ2v) is 4.47. The third kappa shape index (κ3) is 4.64. The van der Waals surface area contributed by atoms with Crippen LogP contribution in [0.25, 0.3) is 0 Å². The SMILES string of the molecule is CCCCCC(C)C(=O)OCC1CC1. The van der Waals surface area contributed by atoms with E-state index in [-0.39, 0.29) is 11.9 Å². The van der Waals surface area contributed by atoms with Gasteiger partial charge in [0, 0.05) is 0 Å². The minimum Gasteiger partial charge on any atom is -0.465 e. The fourth-order valence-electron chi connectivity index (χ4n) is 1.45. The molecule has 0 spiro atoms. The second kappa shape index (κ2) is 6.05. The zero-order chi connectivity index (χ0) is 10.4. The summed E-state index contributed by atoms with van der Waals surface area (Å²) >= 11 is 0. The van der Waals surface area contributed by atoms with Gasteiger partial charge in [-0.25, -0.2) is 0 Å². The van der Waals surface area contributed by atoms with Gasteiger partial charge in [0.1, 0.15) is 0 Å². The summed E-state index contributed by atoms with van der Waals surface area (Å²) in [7, 11) is 0.